The summed E-state index contributed by atoms with van der Waals surface area (Å²) in [5.41, 5.74) is 10.5. The number of esters is 1. The van der Waals surface area contributed by atoms with Crippen LogP contribution < -0.4 is 16.8 Å². The molecule has 0 saturated carbocycles. The highest BCUT2D eigenvalue weighted by atomic mass is 35.5. The summed E-state index contributed by atoms with van der Waals surface area (Å²) in [5, 5.41) is 2.76. The molecule has 24 heavy (non-hydrogen) atoms. The summed E-state index contributed by atoms with van der Waals surface area (Å²) in [4.78, 5) is 29.8. The molecule has 0 aliphatic heterocycles. The van der Waals surface area contributed by atoms with E-state index < -0.39 is 12.0 Å². The van der Waals surface area contributed by atoms with Crippen LogP contribution in [0.5, 0.6) is 0 Å². The number of rotatable bonds is 9. The van der Waals surface area contributed by atoms with Crippen LogP contribution in [0.1, 0.15) is 47.0 Å². The zero-order chi connectivity index (χ0) is 18.0. The Balaban J connectivity index is 0. The Morgan fingerprint density at radius 2 is 1.67 bits per heavy atom. The van der Waals surface area contributed by atoms with Gasteiger partial charge in [0.2, 0.25) is 0 Å². The first-order valence-electron chi connectivity index (χ1n) is 7.92. The third-order valence-electron chi connectivity index (χ3n) is 3.33. The molecule has 8 nitrogen and oxygen atoms in total. The Morgan fingerprint density at radius 1 is 1.12 bits per heavy atom. The molecule has 0 aliphatic carbocycles. The van der Waals surface area contributed by atoms with Gasteiger partial charge in [-0.15, -0.1) is 12.4 Å². The minimum absolute atomic E-state index is 0. The van der Waals surface area contributed by atoms with Crippen LogP contribution in [-0.4, -0.2) is 54.6 Å². The molecule has 0 aromatic heterocycles. The van der Waals surface area contributed by atoms with Crippen LogP contribution in [0.3, 0.4) is 0 Å². The average molecular weight is 366 g/mol. The quantitative estimate of drug-likeness (QED) is 0.245. The molecule has 0 unspecified atom stereocenters. The third-order valence-corrected chi connectivity index (χ3v) is 3.33. The van der Waals surface area contributed by atoms with Gasteiger partial charge in [-0.05, 0) is 47.0 Å². The molecule has 0 aromatic carbocycles. The molecule has 142 valence electrons. The van der Waals surface area contributed by atoms with Crippen LogP contribution in [0.2, 0.25) is 0 Å². The van der Waals surface area contributed by atoms with Crippen LogP contribution in [0.4, 0.5) is 4.79 Å². The molecular formula is C15H32ClN5O3. The number of guanidine groups is 1. The number of urea groups is 1. The van der Waals surface area contributed by atoms with Crippen LogP contribution in [-0.2, 0) is 9.53 Å². The summed E-state index contributed by atoms with van der Waals surface area (Å²) in [5.74, 6) is -0.403. The monoisotopic (exact) mass is 365 g/mol. The first-order valence-corrected chi connectivity index (χ1v) is 7.92. The summed E-state index contributed by atoms with van der Waals surface area (Å²) in [6, 6.07) is -0.869. The molecule has 9 heteroatoms. The Kier molecular flexibility index (Phi) is 13.0. The van der Waals surface area contributed by atoms with Crippen molar-refractivity contribution in [2.45, 2.75) is 65.1 Å². The lowest BCUT2D eigenvalue weighted by Gasteiger charge is -2.32. The molecule has 0 aliphatic rings. The van der Waals surface area contributed by atoms with E-state index in [9.17, 15) is 9.59 Å². The van der Waals surface area contributed by atoms with E-state index in [0.29, 0.717) is 19.4 Å². The van der Waals surface area contributed by atoms with Crippen LogP contribution >= 0.6 is 12.4 Å². The Bertz CT molecular complexity index is 404. The van der Waals surface area contributed by atoms with Crippen molar-refractivity contribution in [1.29, 1.82) is 0 Å². The van der Waals surface area contributed by atoms with Gasteiger partial charge in [-0.2, -0.15) is 0 Å². The summed E-state index contributed by atoms with van der Waals surface area (Å²) in [7, 11) is 1.31. The van der Waals surface area contributed by atoms with Crippen molar-refractivity contribution in [3.63, 3.8) is 0 Å². The highest BCUT2D eigenvalue weighted by molar-refractivity contribution is 5.85. The van der Waals surface area contributed by atoms with Crippen LogP contribution in [0.15, 0.2) is 4.99 Å². The topological polar surface area (TPSA) is 123 Å². The number of hydrogen-bond acceptors (Lipinski definition) is 4. The minimum atomic E-state index is -0.674. The van der Waals surface area contributed by atoms with E-state index >= 15 is 0 Å². The molecule has 0 aromatic rings. The van der Waals surface area contributed by atoms with Gasteiger partial charge < -0.3 is 26.4 Å². The van der Waals surface area contributed by atoms with Gasteiger partial charge in [0.1, 0.15) is 6.04 Å². The molecule has 0 bridgehead atoms. The van der Waals surface area contributed by atoms with E-state index in [4.69, 9.17) is 16.2 Å². The molecule has 0 heterocycles. The zero-order valence-corrected chi connectivity index (χ0v) is 16.1. The highest BCUT2D eigenvalue weighted by Gasteiger charge is 2.26. The number of nitrogens with two attached hydrogens (primary N) is 2. The second-order valence-electron chi connectivity index (χ2n) is 5.92. The zero-order valence-electron chi connectivity index (χ0n) is 15.2. The lowest BCUT2D eigenvalue weighted by molar-refractivity contribution is -0.143. The third kappa shape index (κ3) is 9.44. The standard InChI is InChI=1S/C15H31N5O3.ClH/c1-10(2)20(11(3)4)15(22)19-12(13(21)23-5)8-6-7-9-18-14(16)17;/h10-12H,6-9H2,1-5H3,(H,19,22)(H4,16,17,18);1H/t12-;/m0./s1. The number of nitrogens with one attached hydrogen (secondary N) is 1. The number of halogens is 1. The van der Waals surface area contributed by atoms with Crippen molar-refractivity contribution in [3.05, 3.63) is 0 Å². The van der Waals surface area contributed by atoms with Crippen molar-refractivity contribution in [3.8, 4) is 0 Å². The van der Waals surface area contributed by atoms with E-state index in [0.717, 1.165) is 6.42 Å². The number of ether oxygens (including phenoxy) is 1. The van der Waals surface area contributed by atoms with Gasteiger partial charge in [0.15, 0.2) is 5.96 Å². The Labute approximate surface area is 150 Å². The summed E-state index contributed by atoms with van der Waals surface area (Å²) in [6.45, 7) is 8.22. The lowest BCUT2D eigenvalue weighted by atomic mass is 10.1. The highest BCUT2D eigenvalue weighted by Crippen LogP contribution is 2.09. The average Bonchev–Trinajstić information content (AvgIpc) is 2.43. The number of methoxy groups -OCH3 is 1. The molecule has 5 N–H and O–H groups in total. The van der Waals surface area contributed by atoms with Crippen molar-refractivity contribution < 1.29 is 14.3 Å². The van der Waals surface area contributed by atoms with E-state index in [1.54, 1.807) is 4.90 Å². The van der Waals surface area contributed by atoms with Crippen molar-refractivity contribution in [1.82, 2.24) is 10.2 Å². The molecule has 0 rings (SSSR count). The molecule has 0 saturated heterocycles. The van der Waals surface area contributed by atoms with E-state index in [1.807, 2.05) is 27.7 Å². The van der Waals surface area contributed by atoms with Crippen LogP contribution in [0, 0.1) is 0 Å². The fourth-order valence-electron chi connectivity index (χ4n) is 2.35. The first kappa shape index (κ1) is 24.6. The summed E-state index contributed by atoms with van der Waals surface area (Å²) in [6.07, 6.45) is 1.89. The molecule has 1 atom stereocenters. The first-order chi connectivity index (χ1) is 10.7. The van der Waals surface area contributed by atoms with Crippen LogP contribution in [0.25, 0.3) is 0 Å². The summed E-state index contributed by atoms with van der Waals surface area (Å²) < 4.78 is 4.77. The smallest absolute Gasteiger partial charge is 0.328 e. The maximum atomic E-state index is 12.4. The second-order valence-corrected chi connectivity index (χ2v) is 5.92. The number of unbranched alkanes of at least 4 members (excludes halogenated alkanes) is 1. The number of amides is 2. The van der Waals surface area contributed by atoms with Gasteiger partial charge in [-0.1, -0.05) is 0 Å². The van der Waals surface area contributed by atoms with Crippen molar-refractivity contribution >= 4 is 30.4 Å². The minimum Gasteiger partial charge on any atom is -0.467 e. The van der Waals surface area contributed by atoms with Gasteiger partial charge in [0.25, 0.3) is 0 Å². The van der Waals surface area contributed by atoms with Crippen molar-refractivity contribution in [2.24, 2.45) is 16.5 Å². The van der Waals surface area contributed by atoms with E-state index in [-0.39, 0.29) is 36.5 Å². The number of carbonyl (C=O) groups excluding carboxylic acids is 2. The number of carbonyl (C=O) groups is 2. The fraction of sp³-hybridized carbons (Fsp3) is 0.800. The molecule has 0 spiro atoms. The normalized spacial score (nSPS) is 11.5. The molecule has 0 radical (unpaired) electrons. The second kappa shape index (κ2) is 12.7. The molecular weight excluding hydrogens is 334 g/mol. The van der Waals surface area contributed by atoms with Gasteiger partial charge in [0.05, 0.1) is 7.11 Å². The largest absolute Gasteiger partial charge is 0.467 e. The Hall–Kier alpha value is -1.70. The predicted molar refractivity (Wildman–Crippen MR) is 98.2 cm³/mol. The lowest BCUT2D eigenvalue weighted by Crippen LogP contribution is -2.52. The molecule has 2 amide bonds. The predicted octanol–water partition coefficient (Wildman–Crippen LogP) is 1.22. The molecule has 0 fully saturated rings. The van der Waals surface area contributed by atoms with Gasteiger partial charge in [-0.25, -0.2) is 9.59 Å². The SMILES string of the molecule is COC(=O)[C@H](CCCCN=C(N)N)NC(=O)N(C(C)C)C(C)C.Cl. The number of hydrogen-bond donors (Lipinski definition) is 3. The van der Waals surface area contributed by atoms with E-state index in [2.05, 4.69) is 10.3 Å². The van der Waals surface area contributed by atoms with Crippen molar-refractivity contribution in [2.75, 3.05) is 13.7 Å². The number of aliphatic imine (C=N–C) groups is 1. The van der Waals surface area contributed by atoms with Gasteiger partial charge in [-0.3, -0.25) is 4.99 Å². The maximum Gasteiger partial charge on any atom is 0.328 e. The van der Waals surface area contributed by atoms with Gasteiger partial charge >= 0.3 is 12.0 Å². The fourth-order valence-corrected chi connectivity index (χ4v) is 2.35. The number of nitrogens with zero attached hydrogens (tertiary/aromatic N) is 2. The van der Waals surface area contributed by atoms with Gasteiger partial charge in [0, 0.05) is 18.6 Å². The maximum absolute atomic E-state index is 12.4. The Morgan fingerprint density at radius 3 is 2.08 bits per heavy atom. The summed E-state index contributed by atoms with van der Waals surface area (Å²) >= 11 is 0. The van der Waals surface area contributed by atoms with E-state index in [1.165, 1.54) is 7.11 Å².